The lowest BCUT2D eigenvalue weighted by molar-refractivity contribution is -0.117. The second kappa shape index (κ2) is 11.2. The van der Waals surface area contributed by atoms with Gasteiger partial charge in [-0.2, -0.15) is 0 Å². The summed E-state index contributed by atoms with van der Waals surface area (Å²) in [6.07, 6.45) is 8.15. The zero-order valence-electron chi connectivity index (χ0n) is 18.9. The Morgan fingerprint density at radius 3 is 2.74 bits per heavy atom. The molecular formula is C25H27FN4O3S. The van der Waals surface area contributed by atoms with Crippen LogP contribution in [-0.4, -0.2) is 41.3 Å². The van der Waals surface area contributed by atoms with Crippen molar-refractivity contribution in [3.63, 3.8) is 0 Å². The number of rotatable bonds is 8. The van der Waals surface area contributed by atoms with Crippen LogP contribution in [0.4, 0.5) is 15.2 Å². The van der Waals surface area contributed by atoms with E-state index in [1.54, 1.807) is 29.9 Å². The number of furan rings is 1. The molecule has 1 N–H and O–H groups in total. The highest BCUT2D eigenvalue weighted by Crippen LogP contribution is 2.31. The molecule has 2 amide bonds. The van der Waals surface area contributed by atoms with Gasteiger partial charge in [0.2, 0.25) is 11.8 Å². The van der Waals surface area contributed by atoms with Gasteiger partial charge in [-0.15, -0.1) is 11.3 Å². The number of anilines is 2. The van der Waals surface area contributed by atoms with Gasteiger partial charge in [0.1, 0.15) is 11.6 Å². The third kappa shape index (κ3) is 5.78. The number of nitrogens with zero attached hydrogens (tertiary/aromatic N) is 3. The highest BCUT2D eigenvalue weighted by atomic mass is 32.1. The Labute approximate surface area is 201 Å². The highest BCUT2D eigenvalue weighted by Gasteiger charge is 2.25. The van der Waals surface area contributed by atoms with Gasteiger partial charge in [-0.1, -0.05) is 18.6 Å². The van der Waals surface area contributed by atoms with Gasteiger partial charge in [-0.25, -0.2) is 9.37 Å². The molecule has 7 nitrogen and oxygen atoms in total. The molecule has 1 aromatic carbocycles. The third-order valence-corrected chi connectivity index (χ3v) is 6.53. The molecule has 1 unspecified atom stereocenters. The lowest BCUT2D eigenvalue weighted by atomic mass is 10.1. The molecule has 4 rings (SSSR count). The largest absolute Gasteiger partial charge is 0.468 e. The number of carbonyl (C=O) groups is 2. The Kier molecular flexibility index (Phi) is 7.87. The lowest BCUT2D eigenvalue weighted by Crippen LogP contribution is -2.40. The van der Waals surface area contributed by atoms with E-state index >= 15 is 0 Å². The van der Waals surface area contributed by atoms with Crippen LogP contribution < -0.4 is 10.2 Å². The molecule has 0 radical (unpaired) electrons. The molecule has 1 saturated heterocycles. The van der Waals surface area contributed by atoms with Crippen molar-refractivity contribution in [2.45, 2.75) is 32.2 Å². The first-order valence-electron chi connectivity index (χ1n) is 11.3. The molecule has 34 heavy (non-hydrogen) atoms. The Balaban J connectivity index is 1.40. The zero-order chi connectivity index (χ0) is 23.9. The number of hydrogen-bond acceptors (Lipinski definition) is 6. The second-order valence-electron chi connectivity index (χ2n) is 8.07. The van der Waals surface area contributed by atoms with Crippen molar-refractivity contribution in [3.05, 3.63) is 71.4 Å². The van der Waals surface area contributed by atoms with Crippen LogP contribution in [0.15, 0.2) is 58.5 Å². The van der Waals surface area contributed by atoms with E-state index in [2.05, 4.69) is 15.2 Å². The van der Waals surface area contributed by atoms with Crippen LogP contribution in [0.2, 0.25) is 0 Å². The third-order valence-electron chi connectivity index (χ3n) is 5.69. The van der Waals surface area contributed by atoms with E-state index in [1.807, 2.05) is 12.1 Å². The molecule has 3 heterocycles. The van der Waals surface area contributed by atoms with Crippen molar-refractivity contribution in [3.8, 4) is 0 Å². The summed E-state index contributed by atoms with van der Waals surface area (Å²) in [5.41, 5.74) is 0.649. The van der Waals surface area contributed by atoms with Crippen LogP contribution in [0.5, 0.6) is 0 Å². The van der Waals surface area contributed by atoms with Gasteiger partial charge in [-0.05, 0) is 56.3 Å². The van der Waals surface area contributed by atoms with Gasteiger partial charge in [0, 0.05) is 24.9 Å². The number of thiazole rings is 1. The quantitative estimate of drug-likeness (QED) is 0.461. The maximum atomic E-state index is 14.2. The number of para-hydroxylation sites is 1. The molecule has 1 aliphatic rings. The fourth-order valence-electron chi connectivity index (χ4n) is 4.03. The SMILES string of the molecule is CC(=O)N(c1nc(/C=C/C(=O)NCC(c2ccco2)N2CCCCC2)cs1)c1ccccc1F. The molecule has 1 aliphatic heterocycles. The molecule has 1 atom stereocenters. The Morgan fingerprint density at radius 2 is 2.03 bits per heavy atom. The molecular weight excluding hydrogens is 455 g/mol. The van der Waals surface area contributed by atoms with Crippen LogP contribution >= 0.6 is 11.3 Å². The van der Waals surface area contributed by atoms with Gasteiger partial charge in [0.05, 0.1) is 23.7 Å². The molecule has 9 heteroatoms. The van der Waals surface area contributed by atoms with Crippen molar-refractivity contribution in [2.24, 2.45) is 0 Å². The summed E-state index contributed by atoms with van der Waals surface area (Å²) < 4.78 is 19.9. The number of likely N-dealkylation sites (tertiary alicyclic amines) is 1. The highest BCUT2D eigenvalue weighted by molar-refractivity contribution is 7.14. The van der Waals surface area contributed by atoms with E-state index in [1.165, 1.54) is 47.8 Å². The van der Waals surface area contributed by atoms with Crippen molar-refractivity contribution in [1.82, 2.24) is 15.2 Å². The van der Waals surface area contributed by atoms with E-state index in [-0.39, 0.29) is 23.5 Å². The van der Waals surface area contributed by atoms with Crippen molar-refractivity contribution < 1.29 is 18.4 Å². The van der Waals surface area contributed by atoms with E-state index in [4.69, 9.17) is 4.42 Å². The van der Waals surface area contributed by atoms with Crippen molar-refractivity contribution in [1.29, 1.82) is 0 Å². The van der Waals surface area contributed by atoms with Crippen molar-refractivity contribution >= 4 is 40.0 Å². The van der Waals surface area contributed by atoms with Crippen LogP contribution in [0.3, 0.4) is 0 Å². The summed E-state index contributed by atoms with van der Waals surface area (Å²) in [5.74, 6) is -0.271. The molecule has 3 aromatic rings. The summed E-state index contributed by atoms with van der Waals surface area (Å²) in [5, 5.41) is 5.01. The minimum atomic E-state index is -0.510. The first-order valence-corrected chi connectivity index (χ1v) is 12.1. The molecule has 0 spiro atoms. The average molecular weight is 483 g/mol. The predicted octanol–water partition coefficient (Wildman–Crippen LogP) is 4.92. The van der Waals surface area contributed by atoms with Crippen LogP contribution in [0.25, 0.3) is 6.08 Å². The summed E-state index contributed by atoms with van der Waals surface area (Å²) in [4.78, 5) is 32.7. The molecule has 0 bridgehead atoms. The topological polar surface area (TPSA) is 78.7 Å². The minimum Gasteiger partial charge on any atom is -0.468 e. The number of amides is 2. The number of nitrogens with one attached hydrogen (secondary N) is 1. The molecule has 1 fully saturated rings. The first-order chi connectivity index (χ1) is 16.5. The summed E-state index contributed by atoms with van der Waals surface area (Å²) in [7, 11) is 0. The average Bonchev–Trinajstić information content (AvgIpc) is 3.53. The summed E-state index contributed by atoms with van der Waals surface area (Å²) >= 11 is 1.20. The van der Waals surface area contributed by atoms with Gasteiger partial charge in [0.15, 0.2) is 5.13 Å². The van der Waals surface area contributed by atoms with Crippen molar-refractivity contribution in [2.75, 3.05) is 24.5 Å². The van der Waals surface area contributed by atoms with Gasteiger partial charge in [-0.3, -0.25) is 19.4 Å². The summed E-state index contributed by atoms with van der Waals surface area (Å²) in [6.45, 7) is 3.75. The second-order valence-corrected chi connectivity index (χ2v) is 8.90. The zero-order valence-corrected chi connectivity index (χ0v) is 19.8. The van der Waals surface area contributed by atoms with Gasteiger partial charge >= 0.3 is 0 Å². The number of benzene rings is 1. The number of aromatic nitrogens is 1. The Bertz CT molecular complexity index is 1140. The van der Waals surface area contributed by atoms with E-state index in [0.717, 1.165) is 31.7 Å². The van der Waals surface area contributed by atoms with Gasteiger partial charge < -0.3 is 9.73 Å². The van der Waals surface area contributed by atoms with Crippen LogP contribution in [0.1, 0.15) is 43.7 Å². The maximum Gasteiger partial charge on any atom is 0.244 e. The summed E-state index contributed by atoms with van der Waals surface area (Å²) in [6, 6.07) is 9.83. The van der Waals surface area contributed by atoms with Gasteiger partial charge in [0.25, 0.3) is 0 Å². The predicted molar refractivity (Wildman–Crippen MR) is 130 cm³/mol. The van der Waals surface area contributed by atoms with E-state index in [0.29, 0.717) is 17.4 Å². The number of carbonyl (C=O) groups excluding carboxylic acids is 2. The van der Waals surface area contributed by atoms with E-state index < -0.39 is 5.82 Å². The number of halogens is 1. The maximum absolute atomic E-state index is 14.2. The number of piperidine rings is 1. The molecule has 0 saturated carbocycles. The monoisotopic (exact) mass is 482 g/mol. The molecule has 2 aromatic heterocycles. The Morgan fingerprint density at radius 1 is 1.24 bits per heavy atom. The number of hydrogen-bond donors (Lipinski definition) is 1. The van der Waals surface area contributed by atoms with Crippen LogP contribution in [-0.2, 0) is 9.59 Å². The Hall–Kier alpha value is -3.30. The van der Waals surface area contributed by atoms with E-state index in [9.17, 15) is 14.0 Å². The minimum absolute atomic E-state index is 0.0107. The molecule has 0 aliphatic carbocycles. The fraction of sp³-hybridized carbons (Fsp3) is 0.320. The van der Waals surface area contributed by atoms with Crippen LogP contribution in [0, 0.1) is 5.82 Å². The molecule has 178 valence electrons. The standard InChI is InChI=1S/C25H27FN4O3S/c1-18(31)30(21-9-4-3-8-20(21)26)25-28-19(17-34-25)11-12-24(32)27-16-22(23-10-7-15-33-23)29-13-5-2-6-14-29/h3-4,7-12,15,17,22H,2,5-6,13-14,16H2,1H3,(H,27,32)/b12-11+. The fourth-order valence-corrected chi connectivity index (χ4v) is 4.88. The first kappa shape index (κ1) is 23.8. The lowest BCUT2D eigenvalue weighted by Gasteiger charge is -2.33. The normalized spacial score (nSPS) is 15.4. The smallest absolute Gasteiger partial charge is 0.244 e.